The largest absolute Gasteiger partial charge is 0.316 e. The lowest BCUT2D eigenvalue weighted by Crippen LogP contribution is -2.31. The van der Waals surface area contributed by atoms with Gasteiger partial charge in [0.05, 0.1) is 0 Å². The fraction of sp³-hybridized carbons (Fsp3) is 0.818. The molecule has 0 amide bonds. The molecule has 2 fully saturated rings. The summed E-state index contributed by atoms with van der Waals surface area (Å²) in [5.41, 5.74) is 0. The highest BCUT2D eigenvalue weighted by Crippen LogP contribution is 2.38. The van der Waals surface area contributed by atoms with E-state index in [9.17, 15) is 0 Å². The Kier molecular flexibility index (Phi) is 3.15. The van der Waals surface area contributed by atoms with Gasteiger partial charge >= 0.3 is 0 Å². The van der Waals surface area contributed by atoms with Crippen LogP contribution in [0.25, 0.3) is 0 Å². The molecule has 1 N–H and O–H groups in total. The Bertz CT molecular complexity index is 342. The van der Waals surface area contributed by atoms with E-state index in [1.54, 1.807) is 0 Å². The van der Waals surface area contributed by atoms with Crippen LogP contribution in [0.4, 0.5) is 0 Å². The van der Waals surface area contributed by atoms with Crippen LogP contribution in [0.3, 0.4) is 0 Å². The van der Waals surface area contributed by atoms with E-state index in [0.717, 1.165) is 19.1 Å². The Morgan fingerprint density at radius 2 is 2.38 bits per heavy atom. The van der Waals surface area contributed by atoms with Gasteiger partial charge in [0.2, 0.25) is 0 Å². The normalized spacial score (nSPS) is 25.1. The van der Waals surface area contributed by atoms with Gasteiger partial charge in [0, 0.05) is 30.8 Å². The minimum absolute atomic E-state index is 0.699. The fourth-order valence-electron chi connectivity index (χ4n) is 2.18. The van der Waals surface area contributed by atoms with Gasteiger partial charge in [-0.2, -0.15) is 11.8 Å². The molecule has 1 aromatic rings. The quantitative estimate of drug-likeness (QED) is 0.838. The molecular weight excluding hydrogens is 220 g/mol. The minimum atomic E-state index is 0.699. The predicted molar refractivity (Wildman–Crippen MR) is 65.7 cm³/mol. The van der Waals surface area contributed by atoms with Crippen molar-refractivity contribution >= 4 is 11.8 Å². The van der Waals surface area contributed by atoms with Crippen LogP contribution in [0.15, 0.2) is 6.33 Å². The maximum Gasteiger partial charge on any atom is 0.135 e. The SMILES string of the molecule is c1nnc(C2CC2)n1CCNC1CCSC1. The van der Waals surface area contributed by atoms with Gasteiger partial charge in [0.1, 0.15) is 12.2 Å². The first-order valence-corrected chi connectivity index (χ1v) is 7.28. The Hall–Kier alpha value is -0.550. The third-order valence-electron chi connectivity index (χ3n) is 3.30. The molecule has 2 aliphatic rings. The highest BCUT2D eigenvalue weighted by Gasteiger charge is 2.28. The van der Waals surface area contributed by atoms with Crippen LogP contribution in [-0.2, 0) is 6.54 Å². The van der Waals surface area contributed by atoms with Crippen molar-refractivity contribution in [2.75, 3.05) is 18.1 Å². The van der Waals surface area contributed by atoms with E-state index in [4.69, 9.17) is 0 Å². The summed E-state index contributed by atoms with van der Waals surface area (Å²) in [5.74, 6) is 4.49. The summed E-state index contributed by atoms with van der Waals surface area (Å²) in [4.78, 5) is 0. The van der Waals surface area contributed by atoms with Gasteiger partial charge in [-0.05, 0) is 25.0 Å². The van der Waals surface area contributed by atoms with Crippen molar-refractivity contribution in [1.82, 2.24) is 20.1 Å². The molecule has 0 spiro atoms. The van der Waals surface area contributed by atoms with E-state index >= 15 is 0 Å². The summed E-state index contributed by atoms with van der Waals surface area (Å²) >= 11 is 2.05. The monoisotopic (exact) mass is 238 g/mol. The van der Waals surface area contributed by atoms with Crippen molar-refractivity contribution in [3.05, 3.63) is 12.2 Å². The smallest absolute Gasteiger partial charge is 0.135 e. The molecule has 2 heterocycles. The average Bonchev–Trinajstić information content (AvgIpc) is 2.82. The van der Waals surface area contributed by atoms with Crippen LogP contribution >= 0.6 is 11.8 Å². The molecule has 1 aliphatic carbocycles. The summed E-state index contributed by atoms with van der Waals surface area (Å²) in [6.45, 7) is 2.06. The lowest BCUT2D eigenvalue weighted by molar-refractivity contribution is 0.513. The van der Waals surface area contributed by atoms with Crippen LogP contribution in [0.1, 0.15) is 31.0 Å². The van der Waals surface area contributed by atoms with Crippen LogP contribution in [0, 0.1) is 0 Å². The summed E-state index contributed by atoms with van der Waals surface area (Å²) in [6, 6.07) is 0.728. The highest BCUT2D eigenvalue weighted by atomic mass is 32.2. The molecular formula is C11H18N4S. The summed E-state index contributed by atoms with van der Waals surface area (Å²) in [6.07, 6.45) is 5.79. The molecule has 4 nitrogen and oxygen atoms in total. The summed E-state index contributed by atoms with van der Waals surface area (Å²) in [7, 11) is 0. The molecule has 1 atom stereocenters. The summed E-state index contributed by atoms with van der Waals surface area (Å²) in [5, 5.41) is 11.8. The molecule has 1 aliphatic heterocycles. The van der Waals surface area contributed by atoms with E-state index < -0.39 is 0 Å². The van der Waals surface area contributed by atoms with Gasteiger partial charge in [-0.15, -0.1) is 10.2 Å². The molecule has 0 aromatic carbocycles. The number of aromatic nitrogens is 3. The molecule has 16 heavy (non-hydrogen) atoms. The Morgan fingerprint density at radius 1 is 1.44 bits per heavy atom. The fourth-order valence-corrected chi connectivity index (χ4v) is 3.37. The lowest BCUT2D eigenvalue weighted by Gasteiger charge is -2.12. The second-order valence-electron chi connectivity index (χ2n) is 4.67. The number of nitrogens with zero attached hydrogens (tertiary/aromatic N) is 3. The topological polar surface area (TPSA) is 42.7 Å². The van der Waals surface area contributed by atoms with E-state index in [1.807, 2.05) is 6.33 Å². The van der Waals surface area contributed by atoms with Gasteiger partial charge in [-0.25, -0.2) is 0 Å². The molecule has 0 radical (unpaired) electrons. The van der Waals surface area contributed by atoms with E-state index in [-0.39, 0.29) is 0 Å². The van der Waals surface area contributed by atoms with Gasteiger partial charge in [0.25, 0.3) is 0 Å². The second-order valence-corrected chi connectivity index (χ2v) is 5.82. The van der Waals surface area contributed by atoms with E-state index in [1.165, 1.54) is 36.6 Å². The molecule has 1 saturated heterocycles. The maximum absolute atomic E-state index is 4.21. The minimum Gasteiger partial charge on any atom is -0.316 e. The van der Waals surface area contributed by atoms with Crippen molar-refractivity contribution in [1.29, 1.82) is 0 Å². The zero-order valence-corrected chi connectivity index (χ0v) is 10.2. The molecule has 1 unspecified atom stereocenters. The van der Waals surface area contributed by atoms with Crippen molar-refractivity contribution in [2.45, 2.75) is 37.8 Å². The molecule has 5 heteroatoms. The van der Waals surface area contributed by atoms with Crippen molar-refractivity contribution in [3.63, 3.8) is 0 Å². The number of nitrogens with one attached hydrogen (secondary N) is 1. The Balaban J connectivity index is 1.48. The third kappa shape index (κ3) is 2.40. The maximum atomic E-state index is 4.21. The molecule has 88 valence electrons. The zero-order chi connectivity index (χ0) is 10.8. The number of thioether (sulfide) groups is 1. The van der Waals surface area contributed by atoms with Gasteiger partial charge < -0.3 is 9.88 Å². The zero-order valence-electron chi connectivity index (χ0n) is 9.43. The van der Waals surface area contributed by atoms with E-state index in [0.29, 0.717) is 5.92 Å². The number of rotatable bonds is 5. The summed E-state index contributed by atoms with van der Waals surface area (Å²) < 4.78 is 2.22. The second kappa shape index (κ2) is 4.75. The predicted octanol–water partition coefficient (Wildman–Crippen LogP) is 1.25. The first-order chi connectivity index (χ1) is 7.93. The van der Waals surface area contributed by atoms with Gasteiger partial charge in [0.15, 0.2) is 0 Å². The molecule has 1 aromatic heterocycles. The van der Waals surface area contributed by atoms with Crippen LogP contribution in [0.2, 0.25) is 0 Å². The van der Waals surface area contributed by atoms with Crippen LogP contribution in [-0.4, -0.2) is 38.9 Å². The third-order valence-corrected chi connectivity index (χ3v) is 4.47. The van der Waals surface area contributed by atoms with Crippen LogP contribution < -0.4 is 5.32 Å². The molecule has 1 saturated carbocycles. The average molecular weight is 238 g/mol. The first kappa shape index (κ1) is 10.6. The van der Waals surface area contributed by atoms with E-state index in [2.05, 4.69) is 31.8 Å². The lowest BCUT2D eigenvalue weighted by atomic mass is 10.2. The van der Waals surface area contributed by atoms with Crippen molar-refractivity contribution in [2.24, 2.45) is 0 Å². The number of hydrogen-bond donors (Lipinski definition) is 1. The van der Waals surface area contributed by atoms with Gasteiger partial charge in [-0.3, -0.25) is 0 Å². The Labute approximate surface area is 100 Å². The standard InChI is InChI=1S/C11H18N4S/c1-2-9(1)11-14-13-8-15(11)5-4-12-10-3-6-16-7-10/h8-10,12H,1-7H2. The van der Waals surface area contributed by atoms with Gasteiger partial charge in [-0.1, -0.05) is 0 Å². The van der Waals surface area contributed by atoms with Crippen molar-refractivity contribution in [3.8, 4) is 0 Å². The first-order valence-electron chi connectivity index (χ1n) is 6.12. The van der Waals surface area contributed by atoms with Crippen LogP contribution in [0.5, 0.6) is 0 Å². The van der Waals surface area contributed by atoms with Crippen molar-refractivity contribution < 1.29 is 0 Å². The Morgan fingerprint density at radius 3 is 3.12 bits per heavy atom. The molecule has 0 bridgehead atoms. The number of hydrogen-bond acceptors (Lipinski definition) is 4. The highest BCUT2D eigenvalue weighted by molar-refractivity contribution is 7.99. The molecule has 3 rings (SSSR count).